The summed E-state index contributed by atoms with van der Waals surface area (Å²) in [5.41, 5.74) is 0.0476. The van der Waals surface area contributed by atoms with Gasteiger partial charge in [0.05, 0.1) is 25.2 Å². The Kier molecular flexibility index (Phi) is 3.50. The molecule has 1 aliphatic rings. The zero-order valence-electron chi connectivity index (χ0n) is 8.05. The SMILES string of the molecule is CCN(CC)CC1(CO)COC1. The van der Waals surface area contributed by atoms with Gasteiger partial charge in [0.25, 0.3) is 0 Å². The van der Waals surface area contributed by atoms with Crippen molar-refractivity contribution >= 4 is 0 Å². The number of aliphatic hydroxyl groups is 1. The Bertz CT molecular complexity index is 125. The molecule has 72 valence electrons. The molecule has 0 aromatic carbocycles. The van der Waals surface area contributed by atoms with Crippen molar-refractivity contribution in [2.45, 2.75) is 13.8 Å². The van der Waals surface area contributed by atoms with Crippen LogP contribution in [-0.4, -0.2) is 49.5 Å². The van der Waals surface area contributed by atoms with Gasteiger partial charge in [0, 0.05) is 6.54 Å². The van der Waals surface area contributed by atoms with E-state index in [1.807, 2.05) is 0 Å². The lowest BCUT2D eigenvalue weighted by Crippen LogP contribution is -2.53. The molecule has 0 atom stereocenters. The van der Waals surface area contributed by atoms with E-state index in [2.05, 4.69) is 18.7 Å². The summed E-state index contributed by atoms with van der Waals surface area (Å²) in [6.45, 7) is 9.07. The molecule has 3 heteroatoms. The zero-order chi connectivity index (χ0) is 9.03. The Labute approximate surface area is 74.3 Å². The van der Waals surface area contributed by atoms with Crippen LogP contribution in [-0.2, 0) is 4.74 Å². The van der Waals surface area contributed by atoms with Crippen molar-refractivity contribution in [3.8, 4) is 0 Å². The summed E-state index contributed by atoms with van der Waals surface area (Å²) in [7, 11) is 0. The average Bonchev–Trinajstić information content (AvgIpc) is 2.05. The second-order valence-electron chi connectivity index (χ2n) is 3.61. The number of ether oxygens (including phenoxy) is 1. The first-order valence-electron chi connectivity index (χ1n) is 4.67. The quantitative estimate of drug-likeness (QED) is 0.650. The smallest absolute Gasteiger partial charge is 0.0579 e. The van der Waals surface area contributed by atoms with Gasteiger partial charge in [-0.05, 0) is 13.1 Å². The van der Waals surface area contributed by atoms with Crippen molar-refractivity contribution in [3.63, 3.8) is 0 Å². The van der Waals surface area contributed by atoms with Crippen LogP contribution in [0.4, 0.5) is 0 Å². The Hall–Kier alpha value is -0.120. The first-order valence-corrected chi connectivity index (χ1v) is 4.67. The predicted octanol–water partition coefficient (Wildman–Crippen LogP) is 0.337. The predicted molar refractivity (Wildman–Crippen MR) is 48.1 cm³/mol. The third-order valence-electron chi connectivity index (χ3n) is 2.61. The third kappa shape index (κ3) is 1.97. The van der Waals surface area contributed by atoms with Crippen LogP contribution in [0.1, 0.15) is 13.8 Å². The fourth-order valence-corrected chi connectivity index (χ4v) is 1.54. The summed E-state index contributed by atoms with van der Waals surface area (Å²) >= 11 is 0. The van der Waals surface area contributed by atoms with Crippen molar-refractivity contribution in [1.82, 2.24) is 4.90 Å². The minimum atomic E-state index is 0.0476. The topological polar surface area (TPSA) is 32.7 Å². The largest absolute Gasteiger partial charge is 0.396 e. The lowest BCUT2D eigenvalue weighted by molar-refractivity contribution is -0.147. The van der Waals surface area contributed by atoms with Crippen LogP contribution in [0, 0.1) is 5.41 Å². The molecule has 3 nitrogen and oxygen atoms in total. The van der Waals surface area contributed by atoms with Crippen LogP contribution >= 0.6 is 0 Å². The van der Waals surface area contributed by atoms with E-state index in [4.69, 9.17) is 9.84 Å². The van der Waals surface area contributed by atoms with Gasteiger partial charge in [-0.15, -0.1) is 0 Å². The van der Waals surface area contributed by atoms with E-state index in [9.17, 15) is 0 Å². The molecule has 0 radical (unpaired) electrons. The fourth-order valence-electron chi connectivity index (χ4n) is 1.54. The molecular weight excluding hydrogens is 154 g/mol. The van der Waals surface area contributed by atoms with Crippen molar-refractivity contribution in [2.24, 2.45) is 5.41 Å². The van der Waals surface area contributed by atoms with Crippen LogP contribution in [0.2, 0.25) is 0 Å². The van der Waals surface area contributed by atoms with Gasteiger partial charge >= 0.3 is 0 Å². The van der Waals surface area contributed by atoms with Crippen LogP contribution in [0.3, 0.4) is 0 Å². The molecule has 1 aliphatic heterocycles. The van der Waals surface area contributed by atoms with Gasteiger partial charge in [-0.2, -0.15) is 0 Å². The highest BCUT2D eigenvalue weighted by Crippen LogP contribution is 2.27. The molecule has 0 aromatic rings. The van der Waals surface area contributed by atoms with E-state index in [0.717, 1.165) is 32.8 Å². The molecule has 1 rings (SSSR count). The highest BCUT2D eigenvalue weighted by molar-refractivity contribution is 4.87. The second-order valence-corrected chi connectivity index (χ2v) is 3.61. The van der Waals surface area contributed by atoms with E-state index in [1.54, 1.807) is 0 Å². The maximum Gasteiger partial charge on any atom is 0.0579 e. The number of rotatable bonds is 5. The van der Waals surface area contributed by atoms with Crippen LogP contribution in [0.25, 0.3) is 0 Å². The van der Waals surface area contributed by atoms with Crippen LogP contribution < -0.4 is 0 Å². The maximum atomic E-state index is 9.17. The normalized spacial score (nSPS) is 21.0. The maximum absolute atomic E-state index is 9.17. The van der Waals surface area contributed by atoms with Crippen molar-refractivity contribution in [1.29, 1.82) is 0 Å². The molecule has 0 saturated carbocycles. The molecular formula is C9H19NO2. The highest BCUT2D eigenvalue weighted by atomic mass is 16.5. The summed E-state index contributed by atoms with van der Waals surface area (Å²) in [4.78, 5) is 2.33. The number of nitrogens with zero attached hydrogens (tertiary/aromatic N) is 1. The van der Waals surface area contributed by atoms with Gasteiger partial charge in [0.2, 0.25) is 0 Å². The Balaban J connectivity index is 2.35. The molecule has 0 aromatic heterocycles. The van der Waals surface area contributed by atoms with Gasteiger partial charge in [0.15, 0.2) is 0 Å². The van der Waals surface area contributed by atoms with Crippen LogP contribution in [0.5, 0.6) is 0 Å². The van der Waals surface area contributed by atoms with Gasteiger partial charge in [0.1, 0.15) is 0 Å². The highest BCUT2D eigenvalue weighted by Gasteiger charge is 2.38. The number of hydrogen-bond donors (Lipinski definition) is 1. The van der Waals surface area contributed by atoms with Gasteiger partial charge < -0.3 is 14.7 Å². The van der Waals surface area contributed by atoms with Crippen molar-refractivity contribution < 1.29 is 9.84 Å². The minimum absolute atomic E-state index is 0.0476. The van der Waals surface area contributed by atoms with E-state index >= 15 is 0 Å². The van der Waals surface area contributed by atoms with E-state index < -0.39 is 0 Å². The summed E-state index contributed by atoms with van der Waals surface area (Å²) in [6, 6.07) is 0. The van der Waals surface area contributed by atoms with Crippen molar-refractivity contribution in [3.05, 3.63) is 0 Å². The molecule has 0 spiro atoms. The van der Waals surface area contributed by atoms with E-state index in [0.29, 0.717) is 0 Å². The average molecular weight is 173 g/mol. The van der Waals surface area contributed by atoms with Gasteiger partial charge in [-0.3, -0.25) is 0 Å². The molecule has 0 unspecified atom stereocenters. The molecule has 1 fully saturated rings. The lowest BCUT2D eigenvalue weighted by atomic mass is 9.86. The first-order chi connectivity index (χ1) is 5.76. The summed E-state index contributed by atoms with van der Waals surface area (Å²) in [5.74, 6) is 0. The number of aliphatic hydroxyl groups excluding tert-OH is 1. The zero-order valence-corrected chi connectivity index (χ0v) is 8.05. The lowest BCUT2D eigenvalue weighted by Gasteiger charge is -2.42. The molecule has 0 aliphatic carbocycles. The molecule has 1 heterocycles. The number of hydrogen-bond acceptors (Lipinski definition) is 3. The second kappa shape index (κ2) is 4.21. The summed E-state index contributed by atoms with van der Waals surface area (Å²) < 4.78 is 5.13. The minimum Gasteiger partial charge on any atom is -0.396 e. The molecule has 12 heavy (non-hydrogen) atoms. The standard InChI is InChI=1S/C9H19NO2/c1-3-10(4-2)5-9(6-11)7-12-8-9/h11H,3-8H2,1-2H3. The molecule has 1 saturated heterocycles. The van der Waals surface area contributed by atoms with E-state index in [-0.39, 0.29) is 12.0 Å². The Morgan fingerprint density at radius 3 is 2.17 bits per heavy atom. The van der Waals surface area contributed by atoms with E-state index in [1.165, 1.54) is 0 Å². The van der Waals surface area contributed by atoms with Gasteiger partial charge in [-0.25, -0.2) is 0 Å². The van der Waals surface area contributed by atoms with Crippen LogP contribution in [0.15, 0.2) is 0 Å². The summed E-state index contributed by atoms with van der Waals surface area (Å²) in [5, 5.41) is 9.17. The fraction of sp³-hybridized carbons (Fsp3) is 1.00. The monoisotopic (exact) mass is 173 g/mol. The van der Waals surface area contributed by atoms with Gasteiger partial charge in [-0.1, -0.05) is 13.8 Å². The molecule has 0 bridgehead atoms. The molecule has 0 amide bonds. The Morgan fingerprint density at radius 2 is 1.92 bits per heavy atom. The first kappa shape index (κ1) is 9.96. The summed E-state index contributed by atoms with van der Waals surface area (Å²) in [6.07, 6.45) is 0. The molecule has 1 N–H and O–H groups in total. The Morgan fingerprint density at radius 1 is 1.33 bits per heavy atom. The third-order valence-corrected chi connectivity index (χ3v) is 2.61. The van der Waals surface area contributed by atoms with Crippen molar-refractivity contribution in [2.75, 3.05) is 39.5 Å².